The number of fused-ring (bicyclic) bond motifs is 1. The van der Waals surface area contributed by atoms with E-state index in [1.807, 2.05) is 23.5 Å². The SMILES string of the molecule is CCn1cncc1CN1C[C@@H]2CN(C(=O)COC)[C@@H](c3cccc(F)c3)[C@@H]2C1. The third-order valence-electron chi connectivity index (χ3n) is 6.04. The second-order valence-corrected chi connectivity index (χ2v) is 7.77. The van der Waals surface area contributed by atoms with Gasteiger partial charge in [0.25, 0.3) is 0 Å². The summed E-state index contributed by atoms with van der Waals surface area (Å²) in [5, 5.41) is 0. The third-order valence-corrected chi connectivity index (χ3v) is 6.04. The molecule has 7 heteroatoms. The number of likely N-dealkylation sites (tertiary alicyclic amines) is 2. The molecule has 28 heavy (non-hydrogen) atoms. The molecule has 0 N–H and O–H groups in total. The Morgan fingerprint density at radius 1 is 1.32 bits per heavy atom. The van der Waals surface area contributed by atoms with Gasteiger partial charge in [0.2, 0.25) is 5.91 Å². The molecule has 6 nitrogen and oxygen atoms in total. The van der Waals surface area contributed by atoms with E-state index in [2.05, 4.69) is 21.4 Å². The van der Waals surface area contributed by atoms with E-state index in [0.717, 1.165) is 31.7 Å². The van der Waals surface area contributed by atoms with E-state index in [4.69, 9.17) is 4.74 Å². The van der Waals surface area contributed by atoms with Gasteiger partial charge in [-0.15, -0.1) is 0 Å². The first-order valence-electron chi connectivity index (χ1n) is 9.86. The third kappa shape index (κ3) is 3.56. The normalized spacial score (nSPS) is 24.7. The molecule has 150 valence electrons. The quantitative estimate of drug-likeness (QED) is 0.765. The van der Waals surface area contributed by atoms with Crippen LogP contribution in [0.4, 0.5) is 4.39 Å². The first-order chi connectivity index (χ1) is 13.6. The summed E-state index contributed by atoms with van der Waals surface area (Å²) in [5.74, 6) is 0.385. The Bertz CT molecular complexity index is 839. The highest BCUT2D eigenvalue weighted by Crippen LogP contribution is 2.45. The van der Waals surface area contributed by atoms with Crippen LogP contribution in [-0.2, 0) is 22.6 Å². The number of amides is 1. The lowest BCUT2D eigenvalue weighted by Gasteiger charge is -2.30. The number of ether oxygens (including phenoxy) is 1. The van der Waals surface area contributed by atoms with E-state index >= 15 is 0 Å². The largest absolute Gasteiger partial charge is 0.375 e. The smallest absolute Gasteiger partial charge is 0.249 e. The molecule has 0 aliphatic carbocycles. The number of aryl methyl sites for hydroxylation is 1. The van der Waals surface area contributed by atoms with Crippen LogP contribution in [0.25, 0.3) is 0 Å². The summed E-state index contributed by atoms with van der Waals surface area (Å²) >= 11 is 0. The summed E-state index contributed by atoms with van der Waals surface area (Å²) in [6.07, 6.45) is 3.79. The molecule has 1 aromatic carbocycles. The van der Waals surface area contributed by atoms with Crippen LogP contribution in [0.2, 0.25) is 0 Å². The minimum Gasteiger partial charge on any atom is -0.375 e. The maximum absolute atomic E-state index is 13.9. The van der Waals surface area contributed by atoms with E-state index < -0.39 is 0 Å². The summed E-state index contributed by atoms with van der Waals surface area (Å²) in [6.45, 7) is 6.44. The van der Waals surface area contributed by atoms with Crippen molar-refractivity contribution >= 4 is 5.91 Å². The average Bonchev–Trinajstić information content (AvgIpc) is 3.36. The van der Waals surface area contributed by atoms with Crippen LogP contribution >= 0.6 is 0 Å². The summed E-state index contributed by atoms with van der Waals surface area (Å²) in [4.78, 5) is 21.2. The minimum atomic E-state index is -0.262. The fourth-order valence-corrected chi connectivity index (χ4v) is 4.84. The van der Waals surface area contributed by atoms with E-state index in [1.165, 1.54) is 18.9 Å². The number of carbonyl (C=O) groups is 1. The lowest BCUT2D eigenvalue weighted by Crippen LogP contribution is -2.37. The van der Waals surface area contributed by atoms with Crippen LogP contribution in [0.15, 0.2) is 36.8 Å². The van der Waals surface area contributed by atoms with Gasteiger partial charge in [0.15, 0.2) is 0 Å². The second-order valence-electron chi connectivity index (χ2n) is 7.77. The number of halogens is 1. The second kappa shape index (κ2) is 8.01. The van der Waals surface area contributed by atoms with Crippen molar-refractivity contribution in [2.24, 2.45) is 11.8 Å². The molecular weight excluding hydrogens is 359 g/mol. The zero-order valence-electron chi connectivity index (χ0n) is 16.4. The molecule has 0 radical (unpaired) electrons. The number of imidazole rings is 1. The number of nitrogens with zero attached hydrogens (tertiary/aromatic N) is 4. The van der Waals surface area contributed by atoms with Gasteiger partial charge in [-0.05, 0) is 30.5 Å². The van der Waals surface area contributed by atoms with Gasteiger partial charge in [-0.3, -0.25) is 9.69 Å². The first kappa shape index (κ1) is 19.1. The molecule has 3 atom stereocenters. The number of aromatic nitrogens is 2. The molecule has 1 aromatic heterocycles. The summed E-state index contributed by atoms with van der Waals surface area (Å²) in [5.41, 5.74) is 2.08. The maximum atomic E-state index is 13.9. The van der Waals surface area contributed by atoms with Gasteiger partial charge >= 0.3 is 0 Å². The number of benzene rings is 1. The number of methoxy groups -OCH3 is 1. The summed E-state index contributed by atoms with van der Waals surface area (Å²) < 4.78 is 21.1. The van der Waals surface area contributed by atoms with Crippen LogP contribution in [-0.4, -0.2) is 58.6 Å². The van der Waals surface area contributed by atoms with Crippen molar-refractivity contribution in [1.82, 2.24) is 19.4 Å². The van der Waals surface area contributed by atoms with Crippen LogP contribution in [0.1, 0.15) is 24.2 Å². The van der Waals surface area contributed by atoms with Gasteiger partial charge < -0.3 is 14.2 Å². The molecule has 1 amide bonds. The lowest BCUT2D eigenvalue weighted by molar-refractivity contribution is -0.136. The Balaban J connectivity index is 1.56. The van der Waals surface area contributed by atoms with Gasteiger partial charge in [0.1, 0.15) is 12.4 Å². The molecule has 0 unspecified atom stereocenters. The topological polar surface area (TPSA) is 50.6 Å². The zero-order chi connectivity index (χ0) is 19.7. The Kier molecular flexibility index (Phi) is 5.46. The van der Waals surface area contributed by atoms with Crippen molar-refractivity contribution in [3.8, 4) is 0 Å². The zero-order valence-corrected chi connectivity index (χ0v) is 16.4. The van der Waals surface area contributed by atoms with Crippen LogP contribution in [0.3, 0.4) is 0 Å². The van der Waals surface area contributed by atoms with E-state index in [0.29, 0.717) is 18.4 Å². The highest BCUT2D eigenvalue weighted by atomic mass is 19.1. The molecule has 0 bridgehead atoms. The van der Waals surface area contributed by atoms with Crippen molar-refractivity contribution < 1.29 is 13.9 Å². The van der Waals surface area contributed by atoms with Gasteiger partial charge in [0, 0.05) is 51.9 Å². The fraction of sp³-hybridized carbons (Fsp3) is 0.524. The van der Waals surface area contributed by atoms with E-state index in [1.54, 1.807) is 12.1 Å². The van der Waals surface area contributed by atoms with Crippen molar-refractivity contribution in [1.29, 1.82) is 0 Å². The monoisotopic (exact) mass is 386 g/mol. The van der Waals surface area contributed by atoms with Gasteiger partial charge in [-0.1, -0.05) is 12.1 Å². The highest BCUT2D eigenvalue weighted by Gasteiger charge is 2.49. The molecule has 0 saturated carbocycles. The molecule has 3 heterocycles. The number of hydrogen-bond donors (Lipinski definition) is 0. The van der Waals surface area contributed by atoms with E-state index in [-0.39, 0.29) is 24.4 Å². The Labute approximate surface area is 164 Å². The fourth-order valence-electron chi connectivity index (χ4n) is 4.84. The molecule has 0 spiro atoms. The standard InChI is InChI=1S/C21H27FN4O2/c1-3-25-14-23-8-18(25)11-24-9-16-10-26(20(27)13-28-2)21(19(16)12-24)15-5-4-6-17(22)7-15/h4-8,14,16,19,21H,3,9-13H2,1-2H3/t16-,19-,21+/m1/s1. The highest BCUT2D eigenvalue weighted by molar-refractivity contribution is 5.78. The lowest BCUT2D eigenvalue weighted by atomic mass is 9.89. The molecule has 2 saturated heterocycles. The molecule has 2 fully saturated rings. The Morgan fingerprint density at radius 3 is 2.93 bits per heavy atom. The molecule has 4 rings (SSSR count). The predicted molar refractivity (Wildman–Crippen MR) is 103 cm³/mol. The number of carbonyl (C=O) groups excluding carboxylic acids is 1. The molecular formula is C21H27FN4O2. The van der Waals surface area contributed by atoms with Gasteiger partial charge in [0.05, 0.1) is 18.1 Å². The van der Waals surface area contributed by atoms with Crippen LogP contribution < -0.4 is 0 Å². The average molecular weight is 386 g/mol. The summed E-state index contributed by atoms with van der Waals surface area (Å²) in [6, 6.07) is 6.56. The maximum Gasteiger partial charge on any atom is 0.249 e. The van der Waals surface area contributed by atoms with E-state index in [9.17, 15) is 9.18 Å². The number of rotatable bonds is 6. The summed E-state index contributed by atoms with van der Waals surface area (Å²) in [7, 11) is 1.53. The van der Waals surface area contributed by atoms with Crippen LogP contribution in [0, 0.1) is 17.7 Å². The number of hydrogen-bond acceptors (Lipinski definition) is 4. The minimum absolute atomic E-state index is 0.0261. The molecule has 2 aromatic rings. The Morgan fingerprint density at radius 2 is 2.18 bits per heavy atom. The van der Waals surface area contributed by atoms with Crippen molar-refractivity contribution in [3.63, 3.8) is 0 Å². The van der Waals surface area contributed by atoms with Crippen molar-refractivity contribution in [2.45, 2.75) is 26.1 Å². The first-order valence-corrected chi connectivity index (χ1v) is 9.86. The predicted octanol–water partition coefficient (Wildman–Crippen LogP) is 2.32. The molecule has 2 aliphatic heterocycles. The van der Waals surface area contributed by atoms with Gasteiger partial charge in [-0.2, -0.15) is 0 Å². The van der Waals surface area contributed by atoms with Gasteiger partial charge in [-0.25, -0.2) is 9.37 Å². The van der Waals surface area contributed by atoms with Crippen molar-refractivity contribution in [2.75, 3.05) is 33.4 Å². The molecule has 2 aliphatic rings. The van der Waals surface area contributed by atoms with Crippen LogP contribution in [0.5, 0.6) is 0 Å². The Hall–Kier alpha value is -2.25. The van der Waals surface area contributed by atoms with Crippen molar-refractivity contribution in [3.05, 3.63) is 53.9 Å².